The first-order valence-electron chi connectivity index (χ1n) is 5.41. The van der Waals surface area contributed by atoms with Gasteiger partial charge in [0.05, 0.1) is 14.2 Å². The van der Waals surface area contributed by atoms with Crippen LogP contribution in [0.1, 0.15) is 0 Å². The van der Waals surface area contributed by atoms with Crippen molar-refractivity contribution in [2.45, 2.75) is 0 Å². The predicted octanol–water partition coefficient (Wildman–Crippen LogP) is 1.78. The summed E-state index contributed by atoms with van der Waals surface area (Å²) in [5.41, 5.74) is 0.919. The summed E-state index contributed by atoms with van der Waals surface area (Å²) in [4.78, 5) is 12.3. The maximum Gasteiger partial charge on any atom is 0.328 e. The zero-order valence-corrected chi connectivity index (χ0v) is 10.7. The number of likely N-dealkylation sites (N-methyl/N-ethyl adjacent to an activating group) is 1. The van der Waals surface area contributed by atoms with Crippen LogP contribution in [0.25, 0.3) is 0 Å². The Hall–Kier alpha value is -2.17. The molecule has 0 amide bonds. The van der Waals surface area contributed by atoms with Gasteiger partial charge in [-0.2, -0.15) is 0 Å². The van der Waals surface area contributed by atoms with Gasteiger partial charge in [-0.25, -0.2) is 4.79 Å². The molecular formula is C13H17NO4. The quantitative estimate of drug-likeness (QED) is 0.781. The van der Waals surface area contributed by atoms with Gasteiger partial charge in [0, 0.05) is 31.4 Å². The average molecular weight is 251 g/mol. The highest BCUT2D eigenvalue weighted by molar-refractivity contribution is 5.79. The van der Waals surface area contributed by atoms with E-state index in [4.69, 9.17) is 14.6 Å². The summed E-state index contributed by atoms with van der Waals surface area (Å²) < 4.78 is 10.4. The molecule has 1 aromatic rings. The van der Waals surface area contributed by atoms with Gasteiger partial charge in [-0.3, -0.25) is 0 Å². The number of hydrogen-bond acceptors (Lipinski definition) is 4. The summed E-state index contributed by atoms with van der Waals surface area (Å²) in [6, 6.07) is 5.54. The van der Waals surface area contributed by atoms with Gasteiger partial charge in [0.15, 0.2) is 11.5 Å². The van der Waals surface area contributed by atoms with Gasteiger partial charge < -0.3 is 19.5 Å². The van der Waals surface area contributed by atoms with E-state index in [2.05, 4.69) is 0 Å². The molecule has 0 saturated heterocycles. The lowest BCUT2D eigenvalue weighted by atomic mass is 10.2. The van der Waals surface area contributed by atoms with Crippen molar-refractivity contribution in [3.05, 3.63) is 30.4 Å². The second-order valence-electron chi connectivity index (χ2n) is 3.66. The van der Waals surface area contributed by atoms with Gasteiger partial charge >= 0.3 is 5.97 Å². The molecule has 1 aromatic carbocycles. The summed E-state index contributed by atoms with van der Waals surface area (Å²) in [6.07, 6.45) is 2.70. The Balaban J connectivity index is 2.80. The Kier molecular flexibility index (Phi) is 5.05. The van der Waals surface area contributed by atoms with Crippen molar-refractivity contribution in [3.8, 4) is 11.5 Å². The van der Waals surface area contributed by atoms with E-state index in [1.165, 1.54) is 0 Å². The van der Waals surface area contributed by atoms with Gasteiger partial charge in [0.2, 0.25) is 0 Å². The average Bonchev–Trinajstić information content (AvgIpc) is 2.37. The van der Waals surface area contributed by atoms with E-state index >= 15 is 0 Å². The lowest BCUT2D eigenvalue weighted by Crippen LogP contribution is -2.17. The van der Waals surface area contributed by atoms with E-state index in [0.29, 0.717) is 18.0 Å². The molecule has 0 unspecified atom stereocenters. The fraction of sp³-hybridized carbons (Fsp3) is 0.308. The van der Waals surface area contributed by atoms with Crippen molar-refractivity contribution in [1.29, 1.82) is 0 Å². The van der Waals surface area contributed by atoms with Crippen LogP contribution in [0.15, 0.2) is 30.4 Å². The molecule has 0 aliphatic heterocycles. The largest absolute Gasteiger partial charge is 0.493 e. The molecule has 0 radical (unpaired) electrons. The molecule has 18 heavy (non-hydrogen) atoms. The second-order valence-corrected chi connectivity index (χ2v) is 3.66. The standard InChI is InChI=1S/C13H17NO4/c1-14(8-4-5-13(15)16)10-6-7-11(17-2)12(9-10)18-3/h4-7,9H,8H2,1-3H3,(H,15,16)/b5-4+. The molecule has 0 bridgehead atoms. The molecule has 98 valence electrons. The number of methoxy groups -OCH3 is 2. The van der Waals surface area contributed by atoms with E-state index in [9.17, 15) is 4.79 Å². The molecule has 0 heterocycles. The van der Waals surface area contributed by atoms with Crippen LogP contribution in [-0.2, 0) is 4.79 Å². The Morgan fingerprint density at radius 3 is 2.56 bits per heavy atom. The SMILES string of the molecule is COc1ccc(N(C)C/C=C/C(=O)O)cc1OC. The number of ether oxygens (including phenoxy) is 2. The Bertz CT molecular complexity index is 443. The molecular weight excluding hydrogens is 234 g/mol. The van der Waals surface area contributed by atoms with Crippen molar-refractivity contribution in [2.24, 2.45) is 0 Å². The summed E-state index contributed by atoms with van der Waals surface area (Å²) in [5.74, 6) is 0.357. The lowest BCUT2D eigenvalue weighted by Gasteiger charge is -2.18. The topological polar surface area (TPSA) is 59.0 Å². The zero-order chi connectivity index (χ0) is 13.5. The monoisotopic (exact) mass is 251 g/mol. The Morgan fingerprint density at radius 1 is 1.33 bits per heavy atom. The number of carboxylic acid groups (broad SMARTS) is 1. The van der Waals surface area contributed by atoms with E-state index in [-0.39, 0.29) is 0 Å². The van der Waals surface area contributed by atoms with Crippen molar-refractivity contribution in [3.63, 3.8) is 0 Å². The second kappa shape index (κ2) is 6.54. The molecule has 1 rings (SSSR count). The molecule has 0 aliphatic carbocycles. The number of nitrogens with zero attached hydrogens (tertiary/aromatic N) is 1. The van der Waals surface area contributed by atoms with Crippen LogP contribution in [0.3, 0.4) is 0 Å². The van der Waals surface area contributed by atoms with Gasteiger partial charge in [0.25, 0.3) is 0 Å². The number of carboxylic acids is 1. The minimum absolute atomic E-state index is 0.502. The Morgan fingerprint density at radius 2 is 2.00 bits per heavy atom. The number of benzene rings is 1. The van der Waals surface area contributed by atoms with Crippen molar-refractivity contribution >= 4 is 11.7 Å². The maximum absolute atomic E-state index is 10.4. The fourth-order valence-corrected chi connectivity index (χ4v) is 1.48. The number of rotatable bonds is 6. The van der Waals surface area contributed by atoms with E-state index in [1.54, 1.807) is 20.3 Å². The van der Waals surface area contributed by atoms with Crippen molar-refractivity contribution in [1.82, 2.24) is 0 Å². The molecule has 5 nitrogen and oxygen atoms in total. The number of aliphatic carboxylic acids is 1. The van der Waals surface area contributed by atoms with Crippen LogP contribution in [0.4, 0.5) is 5.69 Å². The maximum atomic E-state index is 10.4. The van der Waals surface area contributed by atoms with Crippen molar-refractivity contribution < 1.29 is 19.4 Å². The van der Waals surface area contributed by atoms with E-state index in [1.807, 2.05) is 30.1 Å². The minimum Gasteiger partial charge on any atom is -0.493 e. The van der Waals surface area contributed by atoms with Crippen LogP contribution in [-0.4, -0.2) is 38.9 Å². The highest BCUT2D eigenvalue weighted by atomic mass is 16.5. The summed E-state index contributed by atoms with van der Waals surface area (Å²) in [7, 11) is 5.02. The van der Waals surface area contributed by atoms with Gasteiger partial charge in [-0.15, -0.1) is 0 Å². The summed E-state index contributed by atoms with van der Waals surface area (Å²) >= 11 is 0. The van der Waals surface area contributed by atoms with Gasteiger partial charge in [0.1, 0.15) is 0 Å². The van der Waals surface area contributed by atoms with E-state index in [0.717, 1.165) is 11.8 Å². The molecule has 0 fully saturated rings. The van der Waals surface area contributed by atoms with Crippen LogP contribution in [0, 0.1) is 0 Å². The predicted molar refractivity (Wildman–Crippen MR) is 69.6 cm³/mol. The molecule has 5 heteroatoms. The van der Waals surface area contributed by atoms with Gasteiger partial charge in [-0.05, 0) is 12.1 Å². The van der Waals surface area contributed by atoms with Crippen LogP contribution >= 0.6 is 0 Å². The molecule has 0 aliphatic rings. The Labute approximate surface area is 106 Å². The molecule has 0 spiro atoms. The summed E-state index contributed by atoms with van der Waals surface area (Å²) in [5, 5.41) is 8.51. The third-order valence-electron chi connectivity index (χ3n) is 2.45. The van der Waals surface area contributed by atoms with E-state index < -0.39 is 5.97 Å². The molecule has 0 atom stereocenters. The normalized spacial score (nSPS) is 10.4. The van der Waals surface area contributed by atoms with Gasteiger partial charge in [-0.1, -0.05) is 6.08 Å². The number of hydrogen-bond donors (Lipinski definition) is 1. The molecule has 0 saturated carbocycles. The zero-order valence-electron chi connectivity index (χ0n) is 10.7. The van der Waals surface area contributed by atoms with Crippen LogP contribution in [0.2, 0.25) is 0 Å². The van der Waals surface area contributed by atoms with Crippen LogP contribution < -0.4 is 14.4 Å². The molecule has 1 N–H and O–H groups in total. The minimum atomic E-state index is -0.948. The first-order chi connectivity index (χ1) is 8.58. The summed E-state index contributed by atoms with van der Waals surface area (Å²) in [6.45, 7) is 0.502. The fourth-order valence-electron chi connectivity index (χ4n) is 1.48. The third kappa shape index (κ3) is 3.69. The number of anilines is 1. The van der Waals surface area contributed by atoms with Crippen molar-refractivity contribution in [2.75, 3.05) is 32.7 Å². The first-order valence-corrected chi connectivity index (χ1v) is 5.41. The smallest absolute Gasteiger partial charge is 0.328 e. The lowest BCUT2D eigenvalue weighted by molar-refractivity contribution is -0.131. The van der Waals surface area contributed by atoms with Crippen LogP contribution in [0.5, 0.6) is 11.5 Å². The molecule has 0 aromatic heterocycles. The highest BCUT2D eigenvalue weighted by Crippen LogP contribution is 2.30. The highest BCUT2D eigenvalue weighted by Gasteiger charge is 2.06. The number of carbonyl (C=O) groups is 1. The first kappa shape index (κ1) is 13.9. The third-order valence-corrected chi connectivity index (χ3v) is 2.45.